The summed E-state index contributed by atoms with van der Waals surface area (Å²) in [5.41, 5.74) is 1.46. The zero-order chi connectivity index (χ0) is 14.3. The maximum atomic E-state index is 5.26. The maximum Gasteiger partial charge on any atom is 0.0615 e. The molecule has 0 radical (unpaired) electrons. The average molecular weight is 284 g/mol. The smallest absolute Gasteiger partial charge is 0.0615 e. The summed E-state index contributed by atoms with van der Waals surface area (Å²) in [6.07, 6.45) is 0. The van der Waals surface area contributed by atoms with Gasteiger partial charge in [-0.1, -0.05) is 13.8 Å². The van der Waals surface area contributed by atoms with Crippen LogP contribution >= 0.6 is 11.3 Å². The first-order valence-electron chi connectivity index (χ1n) is 7.14. The Balaban J connectivity index is 2.65. The SMILES string of the molecule is CCNCc1cc(CN(CC)C(C)COC)c(C)s1. The third-order valence-electron chi connectivity index (χ3n) is 3.43. The van der Waals surface area contributed by atoms with Crippen LogP contribution in [0.1, 0.15) is 36.1 Å². The van der Waals surface area contributed by atoms with Gasteiger partial charge in [0.25, 0.3) is 0 Å². The molecule has 0 fully saturated rings. The van der Waals surface area contributed by atoms with Crippen LogP contribution in [0.15, 0.2) is 6.07 Å². The van der Waals surface area contributed by atoms with Gasteiger partial charge in [-0.2, -0.15) is 0 Å². The third kappa shape index (κ3) is 5.22. The first kappa shape index (κ1) is 16.6. The highest BCUT2D eigenvalue weighted by Gasteiger charge is 2.14. The van der Waals surface area contributed by atoms with Gasteiger partial charge in [0.05, 0.1) is 6.61 Å². The van der Waals surface area contributed by atoms with Crippen LogP contribution in [0, 0.1) is 6.92 Å². The molecular formula is C15H28N2OS. The number of methoxy groups -OCH3 is 1. The molecule has 1 aromatic rings. The van der Waals surface area contributed by atoms with Crippen molar-refractivity contribution in [2.75, 3.05) is 26.8 Å². The van der Waals surface area contributed by atoms with E-state index in [-0.39, 0.29) is 0 Å². The van der Waals surface area contributed by atoms with Gasteiger partial charge in [-0.25, -0.2) is 0 Å². The molecule has 1 heterocycles. The van der Waals surface area contributed by atoms with Crippen molar-refractivity contribution in [3.8, 4) is 0 Å². The molecule has 0 aliphatic rings. The molecule has 0 bridgehead atoms. The molecular weight excluding hydrogens is 256 g/mol. The molecule has 110 valence electrons. The monoisotopic (exact) mass is 284 g/mol. The molecule has 0 saturated heterocycles. The van der Waals surface area contributed by atoms with Gasteiger partial charge in [0, 0.05) is 36.0 Å². The summed E-state index contributed by atoms with van der Waals surface area (Å²) in [5, 5.41) is 3.39. The fourth-order valence-electron chi connectivity index (χ4n) is 2.22. The highest BCUT2D eigenvalue weighted by molar-refractivity contribution is 7.12. The molecule has 1 aromatic heterocycles. The second-order valence-electron chi connectivity index (χ2n) is 4.94. The Morgan fingerprint density at radius 3 is 2.74 bits per heavy atom. The molecule has 1 atom stereocenters. The lowest BCUT2D eigenvalue weighted by Gasteiger charge is -2.27. The second kappa shape index (κ2) is 8.69. The minimum absolute atomic E-state index is 0.464. The number of rotatable bonds is 9. The van der Waals surface area contributed by atoms with Crippen molar-refractivity contribution in [2.45, 2.75) is 46.8 Å². The molecule has 4 heteroatoms. The Morgan fingerprint density at radius 1 is 1.42 bits per heavy atom. The normalized spacial score (nSPS) is 13.2. The average Bonchev–Trinajstić information content (AvgIpc) is 2.74. The first-order chi connectivity index (χ1) is 9.12. The van der Waals surface area contributed by atoms with Crippen molar-refractivity contribution in [1.82, 2.24) is 10.2 Å². The Morgan fingerprint density at radius 2 is 2.16 bits per heavy atom. The van der Waals surface area contributed by atoms with Gasteiger partial charge < -0.3 is 10.1 Å². The van der Waals surface area contributed by atoms with Crippen molar-refractivity contribution in [2.24, 2.45) is 0 Å². The zero-order valence-corrected chi connectivity index (χ0v) is 13.8. The van der Waals surface area contributed by atoms with Gasteiger partial charge in [-0.15, -0.1) is 11.3 Å². The first-order valence-corrected chi connectivity index (χ1v) is 7.95. The van der Waals surface area contributed by atoms with Crippen molar-refractivity contribution >= 4 is 11.3 Å². The summed E-state index contributed by atoms with van der Waals surface area (Å²) >= 11 is 1.91. The minimum atomic E-state index is 0.464. The van der Waals surface area contributed by atoms with Gasteiger partial charge in [-0.05, 0) is 38.6 Å². The van der Waals surface area contributed by atoms with Crippen LogP contribution in [0.25, 0.3) is 0 Å². The van der Waals surface area contributed by atoms with Crippen molar-refractivity contribution in [1.29, 1.82) is 0 Å². The fraction of sp³-hybridized carbons (Fsp3) is 0.733. The lowest BCUT2D eigenvalue weighted by atomic mass is 10.2. The van der Waals surface area contributed by atoms with Crippen molar-refractivity contribution in [3.05, 3.63) is 21.4 Å². The van der Waals surface area contributed by atoms with Crippen LogP contribution in [0.2, 0.25) is 0 Å². The van der Waals surface area contributed by atoms with E-state index in [0.29, 0.717) is 6.04 Å². The van der Waals surface area contributed by atoms with Gasteiger partial charge >= 0.3 is 0 Å². The van der Waals surface area contributed by atoms with E-state index < -0.39 is 0 Å². The number of hydrogen-bond acceptors (Lipinski definition) is 4. The van der Waals surface area contributed by atoms with E-state index >= 15 is 0 Å². The van der Waals surface area contributed by atoms with Crippen molar-refractivity contribution < 1.29 is 4.74 Å². The molecule has 0 spiro atoms. The Labute approximate surface area is 122 Å². The fourth-order valence-corrected chi connectivity index (χ4v) is 3.25. The molecule has 0 aliphatic heterocycles. The van der Waals surface area contributed by atoms with E-state index in [4.69, 9.17) is 4.74 Å². The number of nitrogens with zero attached hydrogens (tertiary/aromatic N) is 1. The topological polar surface area (TPSA) is 24.5 Å². The second-order valence-corrected chi connectivity index (χ2v) is 6.28. The summed E-state index contributed by atoms with van der Waals surface area (Å²) in [4.78, 5) is 5.34. The van der Waals surface area contributed by atoms with Crippen LogP contribution in [-0.2, 0) is 17.8 Å². The zero-order valence-electron chi connectivity index (χ0n) is 13.0. The summed E-state index contributed by atoms with van der Waals surface area (Å²) in [7, 11) is 1.77. The van der Waals surface area contributed by atoms with Crippen LogP contribution in [0.5, 0.6) is 0 Å². The van der Waals surface area contributed by atoms with Crippen molar-refractivity contribution in [3.63, 3.8) is 0 Å². The van der Waals surface area contributed by atoms with E-state index in [1.54, 1.807) is 7.11 Å². The number of thiophene rings is 1. The van der Waals surface area contributed by atoms with Gasteiger partial charge in [0.1, 0.15) is 0 Å². The Hall–Kier alpha value is -0.420. The molecule has 1 unspecified atom stereocenters. The van der Waals surface area contributed by atoms with E-state index in [2.05, 4.69) is 44.0 Å². The molecule has 0 aliphatic carbocycles. The Bertz CT molecular complexity index is 365. The van der Waals surface area contributed by atoms with E-state index in [0.717, 1.165) is 32.8 Å². The number of hydrogen-bond donors (Lipinski definition) is 1. The lowest BCUT2D eigenvalue weighted by Crippen LogP contribution is -2.35. The van der Waals surface area contributed by atoms with Crippen LogP contribution in [0.4, 0.5) is 0 Å². The Kier molecular flexibility index (Phi) is 7.61. The summed E-state index contributed by atoms with van der Waals surface area (Å²) < 4.78 is 5.26. The predicted octanol–water partition coefficient (Wildman–Crippen LogP) is 3.02. The van der Waals surface area contributed by atoms with E-state index in [1.165, 1.54) is 15.3 Å². The van der Waals surface area contributed by atoms with E-state index in [9.17, 15) is 0 Å². The summed E-state index contributed by atoms with van der Waals surface area (Å²) in [5.74, 6) is 0. The summed E-state index contributed by atoms with van der Waals surface area (Å²) in [6.45, 7) is 13.7. The predicted molar refractivity (Wildman–Crippen MR) is 83.9 cm³/mol. The number of likely N-dealkylation sites (N-methyl/N-ethyl adjacent to an activating group) is 1. The van der Waals surface area contributed by atoms with Gasteiger partial charge in [-0.3, -0.25) is 4.90 Å². The van der Waals surface area contributed by atoms with Crippen LogP contribution < -0.4 is 5.32 Å². The van der Waals surface area contributed by atoms with Crippen LogP contribution in [0.3, 0.4) is 0 Å². The largest absolute Gasteiger partial charge is 0.383 e. The van der Waals surface area contributed by atoms with Gasteiger partial charge in [0.2, 0.25) is 0 Å². The minimum Gasteiger partial charge on any atom is -0.383 e. The highest BCUT2D eigenvalue weighted by Crippen LogP contribution is 2.23. The van der Waals surface area contributed by atoms with E-state index in [1.807, 2.05) is 11.3 Å². The quantitative estimate of drug-likeness (QED) is 0.754. The third-order valence-corrected chi connectivity index (χ3v) is 4.52. The maximum absolute atomic E-state index is 5.26. The molecule has 0 amide bonds. The number of aryl methyl sites for hydroxylation is 1. The molecule has 3 nitrogen and oxygen atoms in total. The number of ether oxygens (including phenoxy) is 1. The molecule has 0 saturated carbocycles. The highest BCUT2D eigenvalue weighted by atomic mass is 32.1. The lowest BCUT2D eigenvalue weighted by molar-refractivity contribution is 0.0981. The molecule has 19 heavy (non-hydrogen) atoms. The standard InChI is InChI=1S/C15H28N2OS/c1-6-16-9-15-8-14(13(4)19-15)10-17(7-2)12(3)11-18-5/h8,12,16H,6-7,9-11H2,1-5H3. The van der Waals surface area contributed by atoms with Crippen LogP contribution in [-0.4, -0.2) is 37.7 Å². The molecule has 0 aromatic carbocycles. The molecule has 1 rings (SSSR count). The van der Waals surface area contributed by atoms with Gasteiger partial charge in [0.15, 0.2) is 0 Å². The molecule has 1 N–H and O–H groups in total. The number of nitrogens with one attached hydrogen (secondary N) is 1. The summed E-state index contributed by atoms with van der Waals surface area (Å²) in [6, 6.07) is 2.82.